The third-order valence-electron chi connectivity index (χ3n) is 9.48. The van der Waals surface area contributed by atoms with Crippen molar-refractivity contribution in [3.8, 4) is 33.8 Å². The number of para-hydroxylation sites is 2. The fraction of sp³-hybridized carbons (Fsp3) is 0.163. The molecule has 0 saturated carbocycles. The number of rotatable bonds is 2. The van der Waals surface area contributed by atoms with Crippen LogP contribution >= 0.6 is 0 Å². The van der Waals surface area contributed by atoms with Crippen molar-refractivity contribution in [1.82, 2.24) is 0 Å². The normalized spacial score (nSPS) is 13.4. The summed E-state index contributed by atoms with van der Waals surface area (Å²) in [5.41, 5.74) is 16.3. The largest absolute Gasteiger partial charge is 0.497 e. The van der Waals surface area contributed by atoms with Gasteiger partial charge in [0.15, 0.2) is 0 Å². The minimum absolute atomic E-state index is 0.0818. The Morgan fingerprint density at radius 3 is 1.30 bits per heavy atom. The average Bonchev–Trinajstić information content (AvgIpc) is 3.66. The van der Waals surface area contributed by atoms with Gasteiger partial charge in [-0.2, -0.15) is 0 Å². The minimum Gasteiger partial charge on any atom is -0.497 e. The number of methoxy groups -OCH3 is 2. The Kier molecular flexibility index (Phi) is 7.84. The molecule has 1 N–H and O–H groups in total. The van der Waals surface area contributed by atoms with Crippen molar-refractivity contribution in [1.29, 1.82) is 0 Å². The summed E-state index contributed by atoms with van der Waals surface area (Å²) < 4.78 is 10.6. The van der Waals surface area contributed by atoms with Crippen LogP contribution < -0.4 is 14.8 Å². The van der Waals surface area contributed by atoms with Crippen molar-refractivity contribution in [3.05, 3.63) is 167 Å². The summed E-state index contributed by atoms with van der Waals surface area (Å²) in [6, 6.07) is 46.9. The molecule has 0 atom stereocenters. The highest BCUT2D eigenvalue weighted by Gasteiger charge is 2.31. The number of hydrogen-bond donors (Lipinski definition) is 1. The highest BCUT2D eigenvalue weighted by Crippen LogP contribution is 2.45. The molecular formula is C43H39NO2. The van der Waals surface area contributed by atoms with Crippen molar-refractivity contribution >= 4 is 11.4 Å². The van der Waals surface area contributed by atoms with Gasteiger partial charge in [0, 0.05) is 16.8 Å². The second-order valence-corrected chi connectivity index (χ2v) is 12.6. The summed E-state index contributed by atoms with van der Waals surface area (Å²) in [6.07, 6.45) is 2.10. The van der Waals surface area contributed by atoms with Crippen LogP contribution in [0.15, 0.2) is 133 Å². The molecule has 0 unspecified atom stereocenters. The van der Waals surface area contributed by atoms with E-state index >= 15 is 0 Å². The topological polar surface area (TPSA) is 30.5 Å². The van der Waals surface area contributed by atoms with Crippen LogP contribution in [0, 0.1) is 0 Å². The maximum Gasteiger partial charge on any atom is 0.119 e. The average molecular weight is 602 g/mol. The molecule has 0 aromatic heterocycles. The molecule has 1 heterocycles. The first kappa shape index (κ1) is 29.4. The standard InChI is InChI=1S/C15H15N.C15H14O2.C13H10/c1-15(2)11-7-3-5-9-13(11)16-14-10-6-4-8-12(14)15;1-16-12-5-3-10-7-11-4-6-13(17-2)9-15(11)14(10)8-12;1-3-7-12-10(5-1)9-11-6-2-4-8-13(11)12/h3-10,16H,1-2H3;3-6,8-9H,7H2,1-2H3;1-8H,9H2. The van der Waals surface area contributed by atoms with Crippen LogP contribution in [0.2, 0.25) is 0 Å². The number of benzene rings is 6. The highest BCUT2D eigenvalue weighted by atomic mass is 16.5. The van der Waals surface area contributed by atoms with Gasteiger partial charge in [0.2, 0.25) is 0 Å². The summed E-state index contributed by atoms with van der Waals surface area (Å²) in [6.45, 7) is 4.57. The van der Waals surface area contributed by atoms with Gasteiger partial charge in [-0.05, 0) is 105 Å². The molecule has 1 aliphatic heterocycles. The Balaban J connectivity index is 0.000000111. The van der Waals surface area contributed by atoms with Gasteiger partial charge in [-0.15, -0.1) is 0 Å². The number of nitrogens with one attached hydrogen (secondary N) is 1. The monoisotopic (exact) mass is 601 g/mol. The molecule has 0 radical (unpaired) electrons. The van der Waals surface area contributed by atoms with E-state index in [1.54, 1.807) is 14.2 Å². The first-order valence-electron chi connectivity index (χ1n) is 15.9. The summed E-state index contributed by atoms with van der Waals surface area (Å²) in [7, 11) is 3.40. The Labute approximate surface area is 272 Å². The number of hydrogen-bond acceptors (Lipinski definition) is 3. The van der Waals surface area contributed by atoms with E-state index in [1.807, 2.05) is 12.1 Å². The molecule has 3 heteroatoms. The smallest absolute Gasteiger partial charge is 0.119 e. The second-order valence-electron chi connectivity index (χ2n) is 12.6. The lowest BCUT2D eigenvalue weighted by molar-refractivity contribution is 0.414. The summed E-state index contributed by atoms with van der Waals surface area (Å²) in [4.78, 5) is 0. The fourth-order valence-corrected chi connectivity index (χ4v) is 7.02. The molecule has 3 aliphatic rings. The van der Waals surface area contributed by atoms with Crippen molar-refractivity contribution < 1.29 is 9.47 Å². The summed E-state index contributed by atoms with van der Waals surface area (Å²) in [5.74, 6) is 1.80. The van der Waals surface area contributed by atoms with Gasteiger partial charge in [-0.3, -0.25) is 0 Å². The maximum atomic E-state index is 5.28. The van der Waals surface area contributed by atoms with Crippen molar-refractivity contribution in [3.63, 3.8) is 0 Å². The number of anilines is 2. The molecular weight excluding hydrogens is 562 g/mol. The third kappa shape index (κ3) is 5.43. The Morgan fingerprint density at radius 2 is 0.848 bits per heavy atom. The van der Waals surface area contributed by atoms with Gasteiger partial charge >= 0.3 is 0 Å². The Hall–Kier alpha value is -5.28. The first-order valence-corrected chi connectivity index (χ1v) is 15.9. The molecule has 9 rings (SSSR count). The molecule has 6 aromatic rings. The summed E-state index contributed by atoms with van der Waals surface area (Å²) in [5, 5.41) is 3.50. The fourth-order valence-electron chi connectivity index (χ4n) is 7.02. The van der Waals surface area contributed by atoms with Crippen LogP contribution in [-0.4, -0.2) is 14.2 Å². The van der Waals surface area contributed by atoms with E-state index in [4.69, 9.17) is 9.47 Å². The molecule has 0 fully saturated rings. The molecule has 0 bridgehead atoms. The van der Waals surface area contributed by atoms with Gasteiger partial charge < -0.3 is 14.8 Å². The zero-order valence-electron chi connectivity index (χ0n) is 26.9. The molecule has 2 aliphatic carbocycles. The summed E-state index contributed by atoms with van der Waals surface area (Å²) >= 11 is 0. The molecule has 6 aromatic carbocycles. The molecule has 0 spiro atoms. The van der Waals surface area contributed by atoms with Gasteiger partial charge in [-0.25, -0.2) is 0 Å². The van der Waals surface area contributed by atoms with Crippen LogP contribution in [-0.2, 0) is 18.3 Å². The third-order valence-corrected chi connectivity index (χ3v) is 9.48. The minimum atomic E-state index is 0.0818. The van der Waals surface area contributed by atoms with Crippen LogP contribution in [0.4, 0.5) is 11.4 Å². The SMILES string of the molecule is CC1(C)c2ccccc2Nc2ccccc21.COc1ccc2c(c1)-c1cc(OC)ccc1C2.c1ccc2c(c1)Cc1ccccc1-2. The predicted octanol–water partition coefficient (Wildman–Crippen LogP) is 10.6. The van der Waals surface area contributed by atoms with E-state index in [-0.39, 0.29) is 5.41 Å². The predicted molar refractivity (Wildman–Crippen MR) is 191 cm³/mol. The second kappa shape index (κ2) is 12.3. The van der Waals surface area contributed by atoms with E-state index in [1.165, 1.54) is 67.0 Å². The van der Waals surface area contributed by atoms with E-state index in [2.05, 4.69) is 140 Å². The van der Waals surface area contributed by atoms with Crippen LogP contribution in [0.3, 0.4) is 0 Å². The van der Waals surface area contributed by atoms with Crippen LogP contribution in [0.25, 0.3) is 22.3 Å². The van der Waals surface area contributed by atoms with E-state index in [0.717, 1.165) is 24.3 Å². The molecule has 228 valence electrons. The Morgan fingerprint density at radius 1 is 0.457 bits per heavy atom. The molecule has 3 nitrogen and oxygen atoms in total. The van der Waals surface area contributed by atoms with Gasteiger partial charge in [0.25, 0.3) is 0 Å². The zero-order valence-corrected chi connectivity index (χ0v) is 26.9. The molecule has 0 amide bonds. The van der Waals surface area contributed by atoms with E-state index < -0.39 is 0 Å². The Bertz CT molecular complexity index is 1900. The molecule has 46 heavy (non-hydrogen) atoms. The van der Waals surface area contributed by atoms with E-state index in [9.17, 15) is 0 Å². The number of fused-ring (bicyclic) bond motifs is 8. The number of ether oxygens (including phenoxy) is 2. The highest BCUT2D eigenvalue weighted by molar-refractivity contribution is 5.79. The van der Waals surface area contributed by atoms with Crippen LogP contribution in [0.1, 0.15) is 47.2 Å². The van der Waals surface area contributed by atoms with Crippen molar-refractivity contribution in [2.75, 3.05) is 19.5 Å². The van der Waals surface area contributed by atoms with Gasteiger partial charge in [0.1, 0.15) is 11.5 Å². The quantitative estimate of drug-likeness (QED) is 0.214. The van der Waals surface area contributed by atoms with Crippen molar-refractivity contribution in [2.45, 2.75) is 32.1 Å². The van der Waals surface area contributed by atoms with Gasteiger partial charge in [-0.1, -0.05) is 111 Å². The molecule has 0 saturated heterocycles. The van der Waals surface area contributed by atoms with Crippen LogP contribution in [0.5, 0.6) is 11.5 Å². The zero-order chi connectivity index (χ0) is 31.7. The van der Waals surface area contributed by atoms with E-state index in [0.29, 0.717) is 0 Å². The first-order chi connectivity index (χ1) is 22.5. The lowest BCUT2D eigenvalue weighted by Gasteiger charge is -2.35. The lowest BCUT2D eigenvalue weighted by Crippen LogP contribution is -2.25. The lowest BCUT2D eigenvalue weighted by atomic mass is 9.74. The van der Waals surface area contributed by atoms with Gasteiger partial charge in [0.05, 0.1) is 14.2 Å². The maximum absolute atomic E-state index is 5.28. The van der Waals surface area contributed by atoms with Crippen molar-refractivity contribution in [2.24, 2.45) is 0 Å².